The van der Waals surface area contributed by atoms with E-state index in [1.807, 2.05) is 121 Å². The highest BCUT2D eigenvalue weighted by molar-refractivity contribution is 5.87. The van der Waals surface area contributed by atoms with E-state index in [1.165, 1.54) is 0 Å². The van der Waals surface area contributed by atoms with E-state index in [4.69, 9.17) is 4.99 Å². The van der Waals surface area contributed by atoms with Gasteiger partial charge in [-0.15, -0.1) is 0 Å². The topological polar surface area (TPSA) is 41.5 Å². The van der Waals surface area contributed by atoms with Crippen LogP contribution in [0.25, 0.3) is 0 Å². The summed E-state index contributed by atoms with van der Waals surface area (Å²) < 4.78 is 0. The number of hydrogen-bond acceptors (Lipinski definition) is 2. The van der Waals surface area contributed by atoms with Crippen molar-refractivity contribution in [2.75, 3.05) is 0 Å². The summed E-state index contributed by atoms with van der Waals surface area (Å²) in [6, 6.07) is 39.2. The average molecular weight is 419 g/mol. The second-order valence-electron chi connectivity index (χ2n) is 7.66. The van der Waals surface area contributed by atoms with Gasteiger partial charge < -0.3 is 5.32 Å². The molecular formula is C29H26N2O. The largest absolute Gasteiger partial charge is 0.343 e. The number of nitrogens with zero attached hydrogens (tertiary/aromatic N) is 1. The Labute approximate surface area is 189 Å². The third-order valence-electron chi connectivity index (χ3n) is 5.33. The van der Waals surface area contributed by atoms with Gasteiger partial charge >= 0.3 is 0 Å². The number of benzene rings is 4. The van der Waals surface area contributed by atoms with E-state index in [2.05, 4.69) is 5.32 Å². The van der Waals surface area contributed by atoms with Gasteiger partial charge in [0, 0.05) is 12.6 Å². The molecule has 0 aliphatic rings. The summed E-state index contributed by atoms with van der Waals surface area (Å²) in [5.41, 5.74) is 4.13. The van der Waals surface area contributed by atoms with Crippen LogP contribution in [0.4, 0.5) is 0 Å². The Morgan fingerprint density at radius 1 is 0.688 bits per heavy atom. The van der Waals surface area contributed by atoms with E-state index >= 15 is 0 Å². The minimum absolute atomic E-state index is 0.0984. The molecule has 0 saturated carbocycles. The first kappa shape index (κ1) is 21.3. The highest BCUT2D eigenvalue weighted by Gasteiger charge is 2.23. The van der Waals surface area contributed by atoms with Gasteiger partial charge in [-0.3, -0.25) is 9.79 Å². The number of aliphatic imine (C=N–C) groups is 1. The molecule has 0 aliphatic carbocycles. The summed E-state index contributed by atoms with van der Waals surface area (Å²) in [7, 11) is 0. The Hall–Kier alpha value is -3.98. The first-order chi connectivity index (χ1) is 15.8. The van der Waals surface area contributed by atoms with E-state index in [1.54, 1.807) is 6.21 Å². The molecule has 0 heterocycles. The minimum Gasteiger partial charge on any atom is -0.343 e. The van der Waals surface area contributed by atoms with E-state index in [0.29, 0.717) is 6.42 Å². The van der Waals surface area contributed by atoms with Crippen LogP contribution < -0.4 is 5.32 Å². The fraction of sp³-hybridized carbons (Fsp3) is 0.103. The number of carbonyl (C=O) groups is 1. The first-order valence-electron chi connectivity index (χ1n) is 10.8. The van der Waals surface area contributed by atoms with Crippen molar-refractivity contribution in [2.24, 2.45) is 4.99 Å². The van der Waals surface area contributed by atoms with E-state index in [9.17, 15) is 4.79 Å². The van der Waals surface area contributed by atoms with Crippen molar-refractivity contribution < 1.29 is 4.79 Å². The molecule has 3 heteroatoms. The smallest absolute Gasteiger partial charge is 0.245 e. The molecule has 158 valence electrons. The zero-order chi connectivity index (χ0) is 22.0. The van der Waals surface area contributed by atoms with Gasteiger partial charge in [-0.05, 0) is 22.3 Å². The lowest BCUT2D eigenvalue weighted by molar-refractivity contribution is -0.122. The Bertz CT molecular complexity index is 1090. The molecule has 0 aromatic heterocycles. The molecule has 4 aromatic carbocycles. The number of nitrogens with one attached hydrogen (secondary N) is 1. The van der Waals surface area contributed by atoms with E-state index < -0.39 is 6.04 Å². The lowest BCUT2D eigenvalue weighted by Crippen LogP contribution is -2.38. The standard InChI is InChI=1S/C29H26N2O/c32-29(31-28(25-17-9-3-10-18-25)26-19-11-4-12-20-26)27(21-23-13-5-1-6-14-23)30-22-24-15-7-2-8-16-24/h1-20,22,27-28H,21H2,(H,31,32)/b30-22-/t27-/m1/s1. The van der Waals surface area contributed by atoms with Gasteiger partial charge in [0.2, 0.25) is 5.91 Å². The number of carbonyl (C=O) groups excluding carboxylic acids is 1. The number of hydrogen-bond donors (Lipinski definition) is 1. The van der Waals surface area contributed by atoms with Gasteiger partial charge in [0.15, 0.2) is 0 Å². The maximum atomic E-state index is 13.5. The SMILES string of the molecule is O=C(NC(c1ccccc1)c1ccccc1)[C@@H](Cc1ccccc1)/N=C\c1ccccc1. The molecule has 0 unspecified atom stereocenters. The summed E-state index contributed by atoms with van der Waals surface area (Å²) >= 11 is 0. The van der Waals surface area contributed by atoms with Crippen LogP contribution in [0.2, 0.25) is 0 Å². The second-order valence-corrected chi connectivity index (χ2v) is 7.66. The van der Waals surface area contributed by atoms with Crippen molar-refractivity contribution in [1.29, 1.82) is 0 Å². The zero-order valence-electron chi connectivity index (χ0n) is 17.8. The molecule has 1 amide bonds. The van der Waals surface area contributed by atoms with Gasteiger partial charge in [-0.1, -0.05) is 121 Å². The Morgan fingerprint density at radius 3 is 1.69 bits per heavy atom. The van der Waals surface area contributed by atoms with Gasteiger partial charge in [0.05, 0.1) is 6.04 Å². The van der Waals surface area contributed by atoms with Crippen LogP contribution in [-0.4, -0.2) is 18.2 Å². The quantitative estimate of drug-likeness (QED) is 0.371. The summed E-state index contributed by atoms with van der Waals surface area (Å²) in [4.78, 5) is 18.2. The molecule has 1 N–H and O–H groups in total. The predicted octanol–water partition coefficient (Wildman–Crippen LogP) is 5.62. The molecule has 0 fully saturated rings. The van der Waals surface area contributed by atoms with Crippen LogP contribution in [0, 0.1) is 0 Å². The van der Waals surface area contributed by atoms with Crippen LogP contribution >= 0.6 is 0 Å². The van der Waals surface area contributed by atoms with Gasteiger partial charge in [-0.2, -0.15) is 0 Å². The lowest BCUT2D eigenvalue weighted by Gasteiger charge is -2.22. The fourth-order valence-electron chi connectivity index (χ4n) is 3.65. The fourth-order valence-corrected chi connectivity index (χ4v) is 3.65. The van der Waals surface area contributed by atoms with Crippen molar-refractivity contribution in [3.63, 3.8) is 0 Å². The van der Waals surface area contributed by atoms with Crippen molar-refractivity contribution in [3.05, 3.63) is 144 Å². The van der Waals surface area contributed by atoms with Crippen molar-refractivity contribution in [1.82, 2.24) is 5.32 Å². The molecule has 0 saturated heterocycles. The van der Waals surface area contributed by atoms with Crippen molar-refractivity contribution in [3.8, 4) is 0 Å². The maximum Gasteiger partial charge on any atom is 0.245 e. The monoisotopic (exact) mass is 418 g/mol. The van der Waals surface area contributed by atoms with Crippen LogP contribution in [0.5, 0.6) is 0 Å². The molecule has 4 aromatic rings. The van der Waals surface area contributed by atoms with Gasteiger partial charge in [0.25, 0.3) is 0 Å². The van der Waals surface area contributed by atoms with E-state index in [-0.39, 0.29) is 11.9 Å². The van der Waals surface area contributed by atoms with Gasteiger partial charge in [-0.25, -0.2) is 0 Å². The second kappa shape index (κ2) is 10.9. The van der Waals surface area contributed by atoms with Crippen molar-refractivity contribution in [2.45, 2.75) is 18.5 Å². The highest BCUT2D eigenvalue weighted by Crippen LogP contribution is 2.22. The van der Waals surface area contributed by atoms with E-state index in [0.717, 1.165) is 22.3 Å². The molecule has 0 aliphatic heterocycles. The van der Waals surface area contributed by atoms with Crippen LogP contribution in [-0.2, 0) is 11.2 Å². The number of amides is 1. The molecule has 0 radical (unpaired) electrons. The maximum absolute atomic E-state index is 13.5. The number of rotatable bonds is 8. The minimum atomic E-state index is -0.535. The first-order valence-corrected chi connectivity index (χ1v) is 10.8. The van der Waals surface area contributed by atoms with Gasteiger partial charge in [0.1, 0.15) is 6.04 Å². The Balaban J connectivity index is 1.61. The summed E-state index contributed by atoms with van der Waals surface area (Å²) in [5.74, 6) is -0.0984. The molecule has 0 bridgehead atoms. The normalized spacial score (nSPS) is 12.0. The Morgan fingerprint density at radius 2 is 1.16 bits per heavy atom. The van der Waals surface area contributed by atoms with Crippen molar-refractivity contribution >= 4 is 12.1 Å². The highest BCUT2D eigenvalue weighted by atomic mass is 16.2. The lowest BCUT2D eigenvalue weighted by atomic mass is 9.97. The zero-order valence-corrected chi connectivity index (χ0v) is 17.8. The third kappa shape index (κ3) is 5.79. The summed E-state index contributed by atoms with van der Waals surface area (Å²) in [6.07, 6.45) is 2.32. The molecule has 32 heavy (non-hydrogen) atoms. The Kier molecular flexibility index (Phi) is 7.22. The summed E-state index contributed by atoms with van der Waals surface area (Å²) in [5, 5.41) is 3.25. The van der Waals surface area contributed by atoms with Crippen LogP contribution in [0.15, 0.2) is 126 Å². The van der Waals surface area contributed by atoms with Crippen LogP contribution in [0.3, 0.4) is 0 Å². The summed E-state index contributed by atoms with van der Waals surface area (Å²) in [6.45, 7) is 0. The molecule has 0 spiro atoms. The average Bonchev–Trinajstić information content (AvgIpc) is 2.87. The molecule has 4 rings (SSSR count). The molecular weight excluding hydrogens is 392 g/mol. The third-order valence-corrected chi connectivity index (χ3v) is 5.33. The van der Waals surface area contributed by atoms with Crippen LogP contribution in [0.1, 0.15) is 28.3 Å². The predicted molar refractivity (Wildman–Crippen MR) is 131 cm³/mol. The molecule has 3 nitrogen and oxygen atoms in total. The molecule has 1 atom stereocenters.